The summed E-state index contributed by atoms with van der Waals surface area (Å²) in [4.78, 5) is 39.7. The van der Waals surface area contributed by atoms with Gasteiger partial charge < -0.3 is 34.2 Å². The Morgan fingerprint density at radius 3 is 2.18 bits per heavy atom. The van der Waals surface area contributed by atoms with Crippen LogP contribution in [-0.4, -0.2) is 61.0 Å². The van der Waals surface area contributed by atoms with E-state index in [0.29, 0.717) is 28.7 Å². The maximum absolute atomic E-state index is 14.0. The molecule has 0 radical (unpaired) electrons. The molecule has 7 rings (SSSR count). The number of rotatable bonds is 9. The molecule has 1 saturated heterocycles. The minimum absolute atomic E-state index is 0.0786. The molecule has 50 heavy (non-hydrogen) atoms. The normalized spacial score (nSPS) is 26.5. The lowest BCUT2D eigenvalue weighted by Gasteiger charge is -2.64. The van der Waals surface area contributed by atoms with Gasteiger partial charge in [0, 0.05) is 5.56 Å². The van der Waals surface area contributed by atoms with Crippen LogP contribution in [-0.2, 0) is 30.7 Å². The summed E-state index contributed by atoms with van der Waals surface area (Å²) in [7, 11) is 0.811. The van der Waals surface area contributed by atoms with Crippen LogP contribution in [0.3, 0.4) is 0 Å². The zero-order valence-corrected chi connectivity index (χ0v) is 31.2. The lowest BCUT2D eigenvalue weighted by molar-refractivity contribution is -0.199. The van der Waals surface area contributed by atoms with Gasteiger partial charge in [-0.15, -0.1) is 0 Å². The Hall–Kier alpha value is -3.57. The molecule has 2 aromatic carbocycles. The number of hydrogen-bond acceptors (Lipinski definition) is 8. The number of carbonyl (C=O) groups excluding carboxylic acids is 3. The molecule has 4 saturated carbocycles. The number of ether oxygens (including phenoxy) is 3. The fourth-order valence-electron chi connectivity index (χ4n) is 8.31. The van der Waals surface area contributed by atoms with E-state index >= 15 is 0 Å². The molecule has 1 heterocycles. The predicted octanol–water partition coefficient (Wildman–Crippen LogP) is 6.77. The Morgan fingerprint density at radius 2 is 1.60 bits per heavy atom. The molecule has 270 valence electrons. The summed E-state index contributed by atoms with van der Waals surface area (Å²) in [5.74, 6) is -0.0590. The number of amides is 2. The molecule has 5 fully saturated rings. The van der Waals surface area contributed by atoms with E-state index in [0.717, 1.165) is 36.8 Å². The third-order valence-electron chi connectivity index (χ3n) is 11.2. The summed E-state index contributed by atoms with van der Waals surface area (Å²) in [5.41, 5.74) is 0.318. The fourth-order valence-corrected chi connectivity index (χ4v) is 8.31. The van der Waals surface area contributed by atoms with E-state index in [9.17, 15) is 14.4 Å². The van der Waals surface area contributed by atoms with Crippen molar-refractivity contribution in [1.82, 2.24) is 10.6 Å². The lowest BCUT2D eigenvalue weighted by atomic mass is 9.43. The van der Waals surface area contributed by atoms with Crippen molar-refractivity contribution < 1.29 is 37.9 Å². The van der Waals surface area contributed by atoms with Gasteiger partial charge in [-0.3, -0.25) is 4.79 Å². The van der Waals surface area contributed by atoms with E-state index in [1.807, 2.05) is 59.7 Å². The molecule has 5 unspecified atom stereocenters. The Morgan fingerprint density at radius 1 is 0.940 bits per heavy atom. The monoisotopic (exact) mass is 688 g/mol. The van der Waals surface area contributed by atoms with Crippen LogP contribution in [0.1, 0.15) is 120 Å². The first-order valence-electron chi connectivity index (χ1n) is 17.9. The summed E-state index contributed by atoms with van der Waals surface area (Å²) < 4.78 is 30.5. The van der Waals surface area contributed by atoms with Gasteiger partial charge in [-0.1, -0.05) is 38.1 Å². The first-order chi connectivity index (χ1) is 23.2. The molecule has 4 aliphatic carbocycles. The Labute approximate surface area is 296 Å². The Bertz CT molecular complexity index is 1640. The second-order valence-electron chi connectivity index (χ2n) is 17.4. The first-order valence-corrected chi connectivity index (χ1v) is 17.9. The minimum Gasteiger partial charge on any atom is -0.496 e. The van der Waals surface area contributed by atoms with Crippen LogP contribution in [0.4, 0.5) is 4.79 Å². The van der Waals surface area contributed by atoms with Crippen LogP contribution < -0.4 is 15.4 Å². The van der Waals surface area contributed by atoms with E-state index in [1.54, 1.807) is 24.3 Å². The topological polar surface area (TPSA) is 121 Å². The van der Waals surface area contributed by atoms with E-state index in [1.165, 1.54) is 7.11 Å². The summed E-state index contributed by atoms with van der Waals surface area (Å²) in [6.07, 6.45) is 3.35. The molecular formula is C39H53BN2O8. The quantitative estimate of drug-likeness (QED) is 0.219. The number of methoxy groups -OCH3 is 1. The number of alkyl carbamates (subject to hydrolysis) is 1. The van der Waals surface area contributed by atoms with Gasteiger partial charge in [0.25, 0.3) is 5.91 Å². The summed E-state index contributed by atoms with van der Waals surface area (Å²) in [6.45, 7) is 17.7. The zero-order chi connectivity index (χ0) is 36.4. The second-order valence-corrected chi connectivity index (χ2v) is 17.4. The van der Waals surface area contributed by atoms with Gasteiger partial charge in [-0.2, -0.15) is 0 Å². The van der Waals surface area contributed by atoms with E-state index in [2.05, 4.69) is 31.4 Å². The van der Waals surface area contributed by atoms with Crippen molar-refractivity contribution in [3.05, 3.63) is 64.7 Å². The molecular weight excluding hydrogens is 635 g/mol. The highest BCUT2D eigenvalue weighted by Gasteiger charge is 2.68. The van der Waals surface area contributed by atoms with Crippen molar-refractivity contribution in [1.29, 1.82) is 0 Å². The van der Waals surface area contributed by atoms with Gasteiger partial charge in [0.1, 0.15) is 22.5 Å². The maximum Gasteiger partial charge on any atom is 0.482 e. The smallest absolute Gasteiger partial charge is 0.482 e. The molecule has 2 amide bonds. The van der Waals surface area contributed by atoms with Crippen LogP contribution in [0.2, 0.25) is 0 Å². The number of hydrogen-bond donors (Lipinski definition) is 2. The van der Waals surface area contributed by atoms with Crippen LogP contribution >= 0.6 is 0 Å². The van der Waals surface area contributed by atoms with Crippen LogP contribution in [0.15, 0.2) is 42.5 Å². The molecule has 5 aliphatic rings. The lowest BCUT2D eigenvalue weighted by Crippen LogP contribution is -2.65. The van der Waals surface area contributed by atoms with Gasteiger partial charge in [0.05, 0.1) is 30.3 Å². The van der Waals surface area contributed by atoms with Crippen molar-refractivity contribution >= 4 is 25.1 Å². The SMILES string of the molecule is COc1c(CC(NC(=O)c2ccc(C3(NC(=O)OC(C)(C)C)CC3)cc2)B2OC3CC4CC(C4(C)C)C3(C)O2)cccc1C(=O)OC(C)(C)C. The molecule has 1 aliphatic heterocycles. The molecule has 0 spiro atoms. The molecule has 0 aromatic heterocycles. The first kappa shape index (κ1) is 36.2. The van der Waals surface area contributed by atoms with Gasteiger partial charge in [-0.05, 0) is 127 Å². The third kappa shape index (κ3) is 7.00. The molecule has 2 aromatic rings. The summed E-state index contributed by atoms with van der Waals surface area (Å²) >= 11 is 0. The fraction of sp³-hybridized carbons (Fsp3) is 0.615. The van der Waals surface area contributed by atoms with Crippen molar-refractivity contribution in [2.75, 3.05) is 7.11 Å². The van der Waals surface area contributed by atoms with Crippen molar-refractivity contribution in [3.8, 4) is 5.75 Å². The average molecular weight is 689 g/mol. The van der Waals surface area contributed by atoms with Crippen molar-refractivity contribution in [2.45, 2.75) is 129 Å². The number of benzene rings is 2. The van der Waals surface area contributed by atoms with Gasteiger partial charge >= 0.3 is 19.2 Å². The summed E-state index contributed by atoms with van der Waals surface area (Å²) in [5, 5.41) is 6.24. The predicted molar refractivity (Wildman–Crippen MR) is 190 cm³/mol. The third-order valence-corrected chi connectivity index (χ3v) is 11.2. The van der Waals surface area contributed by atoms with E-state index in [4.69, 9.17) is 23.5 Å². The van der Waals surface area contributed by atoms with Gasteiger partial charge in [0.15, 0.2) is 0 Å². The van der Waals surface area contributed by atoms with Crippen LogP contribution in [0.5, 0.6) is 5.75 Å². The van der Waals surface area contributed by atoms with E-state index in [-0.39, 0.29) is 23.8 Å². The van der Waals surface area contributed by atoms with Crippen LogP contribution in [0.25, 0.3) is 0 Å². The standard InChI is InChI=1S/C39H53BN2O8/c1-35(2,3)47-33(44)27-13-11-12-24(31(27)46-10)20-30(40-49-29-22-26-21-28(37(26,7)8)38(29,9)50-40)41-32(43)23-14-16-25(17-15-23)39(18-19-39)42-34(45)48-36(4,5)6/h11-17,26,28-30H,18-22H2,1-10H3,(H,41,43)(H,42,45). The largest absolute Gasteiger partial charge is 0.496 e. The zero-order valence-electron chi connectivity index (χ0n) is 31.2. The van der Waals surface area contributed by atoms with E-state index < -0.39 is 47.5 Å². The van der Waals surface area contributed by atoms with Gasteiger partial charge in [0.2, 0.25) is 0 Å². The summed E-state index contributed by atoms with van der Waals surface area (Å²) in [6, 6.07) is 12.7. The van der Waals surface area contributed by atoms with Gasteiger partial charge in [-0.25, -0.2) is 9.59 Å². The average Bonchev–Trinajstić information content (AvgIpc) is 3.69. The number of esters is 1. The highest BCUT2D eigenvalue weighted by molar-refractivity contribution is 6.48. The van der Waals surface area contributed by atoms with Crippen LogP contribution in [0, 0.1) is 17.3 Å². The maximum atomic E-state index is 14.0. The number of nitrogens with one attached hydrogen (secondary N) is 2. The highest BCUT2D eigenvalue weighted by Crippen LogP contribution is 2.65. The highest BCUT2D eigenvalue weighted by atomic mass is 16.7. The molecule has 11 heteroatoms. The Kier molecular flexibility index (Phi) is 9.12. The molecule has 2 N–H and O–H groups in total. The van der Waals surface area contributed by atoms with Crippen molar-refractivity contribution in [3.63, 3.8) is 0 Å². The Balaban J connectivity index is 1.25. The minimum atomic E-state index is -0.717. The second kappa shape index (κ2) is 12.6. The number of para-hydroxylation sites is 1. The molecule has 10 nitrogen and oxygen atoms in total. The molecule has 2 bridgehead atoms. The van der Waals surface area contributed by atoms with Crippen molar-refractivity contribution in [2.24, 2.45) is 17.3 Å². The molecule has 5 atom stereocenters. The number of carbonyl (C=O) groups is 3.